The lowest BCUT2D eigenvalue weighted by molar-refractivity contribution is 0.292. The molecule has 1 rings (SSSR count). The van der Waals surface area contributed by atoms with Gasteiger partial charge in [-0.2, -0.15) is 0 Å². The van der Waals surface area contributed by atoms with Gasteiger partial charge in [0.2, 0.25) is 0 Å². The average Bonchev–Trinajstić information content (AvgIpc) is 2.70. The molecule has 1 aromatic rings. The SMILES string of the molecule is CCN(CC)CCCC(C)NC(=NC)NCc1ccc(N(CC)CC)nc1. The Morgan fingerprint density at radius 3 is 2.33 bits per heavy atom. The second-order valence-corrected chi connectivity index (χ2v) is 6.84. The van der Waals surface area contributed by atoms with Crippen molar-refractivity contribution < 1.29 is 0 Å². The fraction of sp³-hybridized carbons (Fsp3) is 0.714. The van der Waals surface area contributed by atoms with Crippen LogP contribution in [-0.2, 0) is 6.54 Å². The lowest BCUT2D eigenvalue weighted by Gasteiger charge is -2.21. The van der Waals surface area contributed by atoms with Gasteiger partial charge in [-0.3, -0.25) is 4.99 Å². The zero-order valence-corrected chi connectivity index (χ0v) is 18.3. The van der Waals surface area contributed by atoms with Crippen LogP contribution in [0.25, 0.3) is 0 Å². The van der Waals surface area contributed by atoms with Crippen molar-refractivity contribution in [3.8, 4) is 0 Å². The van der Waals surface area contributed by atoms with E-state index in [1.54, 1.807) is 0 Å². The third kappa shape index (κ3) is 8.61. The van der Waals surface area contributed by atoms with Crippen LogP contribution >= 0.6 is 0 Å². The van der Waals surface area contributed by atoms with Crippen molar-refractivity contribution in [2.75, 3.05) is 44.7 Å². The maximum absolute atomic E-state index is 4.58. The number of aliphatic imine (C=N–C) groups is 1. The minimum atomic E-state index is 0.398. The summed E-state index contributed by atoms with van der Waals surface area (Å²) in [6.45, 7) is 17.1. The van der Waals surface area contributed by atoms with Gasteiger partial charge in [-0.25, -0.2) is 4.98 Å². The van der Waals surface area contributed by atoms with Crippen molar-refractivity contribution in [3.05, 3.63) is 23.9 Å². The van der Waals surface area contributed by atoms with Gasteiger partial charge in [-0.15, -0.1) is 0 Å². The van der Waals surface area contributed by atoms with Gasteiger partial charge in [0.15, 0.2) is 5.96 Å². The predicted molar refractivity (Wildman–Crippen MR) is 118 cm³/mol. The Morgan fingerprint density at radius 1 is 1.11 bits per heavy atom. The molecule has 0 spiro atoms. The van der Waals surface area contributed by atoms with E-state index in [0.29, 0.717) is 6.04 Å². The first kappa shape index (κ1) is 23.2. The highest BCUT2D eigenvalue weighted by Crippen LogP contribution is 2.10. The normalized spacial score (nSPS) is 12.9. The molecule has 6 heteroatoms. The molecule has 0 fully saturated rings. The number of nitrogens with zero attached hydrogens (tertiary/aromatic N) is 4. The number of hydrogen-bond acceptors (Lipinski definition) is 4. The Kier molecular flexibility index (Phi) is 11.5. The quantitative estimate of drug-likeness (QED) is 0.434. The summed E-state index contributed by atoms with van der Waals surface area (Å²) in [6, 6.07) is 4.62. The van der Waals surface area contributed by atoms with Crippen molar-refractivity contribution in [2.45, 2.75) is 60.0 Å². The van der Waals surface area contributed by atoms with E-state index in [1.165, 1.54) is 6.42 Å². The standard InChI is InChI=1S/C21H40N6/c1-7-26(8-2)15-11-12-18(5)25-21(22-6)24-17-19-13-14-20(23-16-19)27(9-3)10-4/h13-14,16,18H,7-12,15,17H2,1-6H3,(H2,22,24,25). The number of aromatic nitrogens is 1. The maximum Gasteiger partial charge on any atom is 0.191 e. The molecule has 1 unspecified atom stereocenters. The van der Waals surface area contributed by atoms with Gasteiger partial charge >= 0.3 is 0 Å². The highest BCUT2D eigenvalue weighted by atomic mass is 15.2. The fourth-order valence-electron chi connectivity index (χ4n) is 3.10. The van der Waals surface area contributed by atoms with Crippen LogP contribution in [0.4, 0.5) is 5.82 Å². The summed E-state index contributed by atoms with van der Waals surface area (Å²) < 4.78 is 0. The van der Waals surface area contributed by atoms with Crippen LogP contribution in [-0.4, -0.2) is 61.7 Å². The largest absolute Gasteiger partial charge is 0.357 e. The molecule has 1 aromatic heterocycles. The van der Waals surface area contributed by atoms with E-state index in [4.69, 9.17) is 0 Å². The summed E-state index contributed by atoms with van der Waals surface area (Å²) in [5, 5.41) is 6.88. The van der Waals surface area contributed by atoms with Gasteiger partial charge in [0.1, 0.15) is 5.82 Å². The first-order chi connectivity index (χ1) is 13.1. The molecule has 0 saturated heterocycles. The zero-order valence-electron chi connectivity index (χ0n) is 18.3. The van der Waals surface area contributed by atoms with E-state index in [9.17, 15) is 0 Å². The topological polar surface area (TPSA) is 55.8 Å². The van der Waals surface area contributed by atoms with E-state index in [2.05, 4.69) is 77.2 Å². The zero-order chi connectivity index (χ0) is 20.1. The second-order valence-electron chi connectivity index (χ2n) is 6.84. The van der Waals surface area contributed by atoms with Crippen molar-refractivity contribution in [1.82, 2.24) is 20.5 Å². The molecule has 1 atom stereocenters. The predicted octanol–water partition coefficient (Wildman–Crippen LogP) is 3.10. The number of guanidine groups is 1. The summed E-state index contributed by atoms with van der Waals surface area (Å²) in [5.41, 5.74) is 1.16. The summed E-state index contributed by atoms with van der Waals surface area (Å²) in [5.74, 6) is 1.88. The molecular formula is C21H40N6. The third-order valence-electron chi connectivity index (χ3n) is 4.97. The average molecular weight is 377 g/mol. The fourth-order valence-corrected chi connectivity index (χ4v) is 3.10. The summed E-state index contributed by atoms with van der Waals surface area (Å²) in [4.78, 5) is 13.6. The van der Waals surface area contributed by atoms with Crippen molar-refractivity contribution >= 4 is 11.8 Å². The van der Waals surface area contributed by atoms with Gasteiger partial charge in [-0.1, -0.05) is 19.9 Å². The van der Waals surface area contributed by atoms with E-state index in [-0.39, 0.29) is 0 Å². The Balaban J connectivity index is 2.41. The van der Waals surface area contributed by atoms with Crippen LogP contribution < -0.4 is 15.5 Å². The third-order valence-corrected chi connectivity index (χ3v) is 4.97. The van der Waals surface area contributed by atoms with E-state index >= 15 is 0 Å². The Labute approximate surface area is 166 Å². The highest BCUT2D eigenvalue weighted by Gasteiger charge is 2.07. The van der Waals surface area contributed by atoms with Gasteiger partial charge < -0.3 is 20.4 Å². The molecule has 0 bridgehead atoms. The molecule has 0 saturated carbocycles. The molecule has 0 aliphatic rings. The van der Waals surface area contributed by atoms with Crippen molar-refractivity contribution in [3.63, 3.8) is 0 Å². The number of hydrogen-bond donors (Lipinski definition) is 2. The Bertz CT molecular complexity index is 520. The summed E-state index contributed by atoms with van der Waals surface area (Å²) in [6.07, 6.45) is 4.28. The van der Waals surface area contributed by atoms with E-state index < -0.39 is 0 Å². The van der Waals surface area contributed by atoms with E-state index in [0.717, 1.165) is 63.0 Å². The van der Waals surface area contributed by atoms with Crippen LogP contribution in [0.15, 0.2) is 23.3 Å². The Morgan fingerprint density at radius 2 is 1.81 bits per heavy atom. The van der Waals surface area contributed by atoms with Crippen LogP contribution in [0, 0.1) is 0 Å². The second kappa shape index (κ2) is 13.4. The molecule has 27 heavy (non-hydrogen) atoms. The number of anilines is 1. The van der Waals surface area contributed by atoms with Gasteiger partial charge in [-0.05, 0) is 64.9 Å². The minimum absolute atomic E-state index is 0.398. The molecule has 6 nitrogen and oxygen atoms in total. The maximum atomic E-state index is 4.58. The van der Waals surface area contributed by atoms with E-state index in [1.807, 2.05) is 13.2 Å². The monoisotopic (exact) mass is 376 g/mol. The molecule has 0 aliphatic heterocycles. The van der Waals surface area contributed by atoms with Crippen molar-refractivity contribution in [1.29, 1.82) is 0 Å². The molecule has 2 N–H and O–H groups in total. The number of rotatable bonds is 12. The van der Waals surface area contributed by atoms with Crippen LogP contribution in [0.5, 0.6) is 0 Å². The minimum Gasteiger partial charge on any atom is -0.357 e. The summed E-state index contributed by atoms with van der Waals surface area (Å²) in [7, 11) is 1.82. The van der Waals surface area contributed by atoms with Crippen LogP contribution in [0.3, 0.4) is 0 Å². The smallest absolute Gasteiger partial charge is 0.191 e. The molecule has 154 valence electrons. The molecule has 1 heterocycles. The first-order valence-corrected chi connectivity index (χ1v) is 10.5. The molecule has 0 radical (unpaired) electrons. The van der Waals surface area contributed by atoms with Crippen LogP contribution in [0.2, 0.25) is 0 Å². The molecular weight excluding hydrogens is 336 g/mol. The summed E-state index contributed by atoms with van der Waals surface area (Å²) >= 11 is 0. The lowest BCUT2D eigenvalue weighted by atomic mass is 10.2. The molecule has 0 aliphatic carbocycles. The van der Waals surface area contributed by atoms with Gasteiger partial charge in [0.25, 0.3) is 0 Å². The van der Waals surface area contributed by atoms with Gasteiger partial charge in [0, 0.05) is 38.9 Å². The molecule has 0 aromatic carbocycles. The Hall–Kier alpha value is -1.82. The van der Waals surface area contributed by atoms with Gasteiger partial charge in [0.05, 0.1) is 0 Å². The van der Waals surface area contributed by atoms with Crippen LogP contribution in [0.1, 0.15) is 53.0 Å². The highest BCUT2D eigenvalue weighted by molar-refractivity contribution is 5.79. The number of nitrogens with one attached hydrogen (secondary N) is 2. The number of pyridine rings is 1. The molecule has 0 amide bonds. The first-order valence-electron chi connectivity index (χ1n) is 10.5. The van der Waals surface area contributed by atoms with Crippen molar-refractivity contribution in [2.24, 2.45) is 4.99 Å². The lowest BCUT2D eigenvalue weighted by Crippen LogP contribution is -2.42.